The smallest absolute Gasteiger partial charge is 0.226 e. The van der Waals surface area contributed by atoms with Gasteiger partial charge in [0.25, 0.3) is 0 Å². The largest absolute Gasteiger partial charge is 0.381 e. The summed E-state index contributed by atoms with van der Waals surface area (Å²) in [6, 6.07) is 15.9. The Morgan fingerprint density at radius 2 is 1.92 bits per heavy atom. The summed E-state index contributed by atoms with van der Waals surface area (Å²) in [5, 5.41) is 6.92. The summed E-state index contributed by atoms with van der Waals surface area (Å²) in [5.74, 6) is -0.0795. The molecule has 1 saturated carbocycles. The van der Waals surface area contributed by atoms with E-state index >= 15 is 0 Å². The van der Waals surface area contributed by atoms with Gasteiger partial charge in [-0.2, -0.15) is 0 Å². The lowest BCUT2D eigenvalue weighted by atomic mass is 10.2. The van der Waals surface area contributed by atoms with Crippen LogP contribution in [0.15, 0.2) is 48.5 Å². The van der Waals surface area contributed by atoms with E-state index in [0.717, 1.165) is 16.9 Å². The van der Waals surface area contributed by atoms with Crippen LogP contribution < -0.4 is 10.6 Å². The first-order chi connectivity index (χ1) is 11.7. The molecule has 2 N–H and O–H groups in total. The number of rotatable bonds is 8. The van der Waals surface area contributed by atoms with Crippen LogP contribution in [-0.2, 0) is 16.1 Å². The van der Waals surface area contributed by atoms with Gasteiger partial charge < -0.3 is 15.4 Å². The number of anilines is 2. The van der Waals surface area contributed by atoms with Gasteiger partial charge in [-0.05, 0) is 36.6 Å². The van der Waals surface area contributed by atoms with Gasteiger partial charge in [-0.3, -0.25) is 4.79 Å². The van der Waals surface area contributed by atoms with Gasteiger partial charge in [-0.15, -0.1) is 0 Å². The summed E-state index contributed by atoms with van der Waals surface area (Å²) >= 11 is 6.04. The van der Waals surface area contributed by atoms with Crippen molar-refractivity contribution in [3.05, 3.63) is 59.1 Å². The summed E-state index contributed by atoms with van der Waals surface area (Å²) in [6.07, 6.45) is 2.65. The van der Waals surface area contributed by atoms with Crippen molar-refractivity contribution in [3.8, 4) is 0 Å². The number of benzene rings is 2. The molecule has 0 radical (unpaired) electrons. The molecule has 0 bridgehead atoms. The fraction of sp³-hybridized carbons (Fsp3) is 0.316. The molecule has 1 fully saturated rings. The normalized spacial score (nSPS) is 13.5. The Morgan fingerprint density at radius 3 is 2.67 bits per heavy atom. The predicted octanol–water partition coefficient (Wildman–Crippen LogP) is 4.46. The molecule has 1 amide bonds. The van der Waals surface area contributed by atoms with E-state index in [2.05, 4.69) is 10.6 Å². The number of amides is 1. The number of carbonyl (C=O) groups excluding carboxylic acids is 1. The fourth-order valence-corrected chi connectivity index (χ4v) is 2.51. The highest BCUT2D eigenvalue weighted by atomic mass is 35.5. The maximum Gasteiger partial charge on any atom is 0.226 e. The summed E-state index contributed by atoms with van der Waals surface area (Å²) in [7, 11) is 0. The van der Waals surface area contributed by atoms with E-state index in [9.17, 15) is 4.79 Å². The molecule has 2 aromatic carbocycles. The van der Waals surface area contributed by atoms with Crippen molar-refractivity contribution in [1.29, 1.82) is 0 Å². The van der Waals surface area contributed by atoms with Crippen LogP contribution in [0.2, 0.25) is 5.02 Å². The second-order valence-corrected chi connectivity index (χ2v) is 6.38. The van der Waals surface area contributed by atoms with Crippen LogP contribution in [0.5, 0.6) is 0 Å². The molecular weight excluding hydrogens is 324 g/mol. The summed E-state index contributed by atoms with van der Waals surface area (Å²) in [4.78, 5) is 12.1. The van der Waals surface area contributed by atoms with E-state index < -0.39 is 0 Å². The van der Waals surface area contributed by atoms with Gasteiger partial charge in [0.1, 0.15) is 0 Å². The fourth-order valence-electron chi connectivity index (χ4n) is 2.34. The molecule has 3 rings (SSSR count). The molecule has 0 unspecified atom stereocenters. The zero-order valence-electron chi connectivity index (χ0n) is 13.4. The SMILES string of the molecule is O=C(CCOCc1ccccc1)Nc1cc(Cl)ccc1NC1CC1. The maximum absolute atomic E-state index is 12.1. The quantitative estimate of drug-likeness (QED) is 0.695. The van der Waals surface area contributed by atoms with Crippen molar-refractivity contribution in [2.75, 3.05) is 17.2 Å². The van der Waals surface area contributed by atoms with Gasteiger partial charge in [0.2, 0.25) is 5.91 Å². The van der Waals surface area contributed by atoms with E-state index in [-0.39, 0.29) is 5.91 Å². The number of hydrogen-bond donors (Lipinski definition) is 2. The Hall–Kier alpha value is -2.04. The van der Waals surface area contributed by atoms with Crippen LogP contribution in [0.1, 0.15) is 24.8 Å². The standard InChI is InChI=1S/C19H21ClN2O2/c20-15-6-9-17(21-16-7-8-16)18(12-15)22-19(23)10-11-24-13-14-4-2-1-3-5-14/h1-6,9,12,16,21H,7-8,10-11,13H2,(H,22,23). The number of carbonyl (C=O) groups is 1. The first kappa shape index (κ1) is 16.8. The third-order valence-electron chi connectivity index (χ3n) is 3.78. The van der Waals surface area contributed by atoms with Gasteiger partial charge in [-0.1, -0.05) is 41.9 Å². The molecule has 0 aromatic heterocycles. The van der Waals surface area contributed by atoms with Gasteiger partial charge in [0.05, 0.1) is 31.0 Å². The minimum Gasteiger partial charge on any atom is -0.381 e. The minimum atomic E-state index is -0.0795. The van der Waals surface area contributed by atoms with Crippen LogP contribution in [0.4, 0.5) is 11.4 Å². The Balaban J connectivity index is 1.46. The van der Waals surface area contributed by atoms with Gasteiger partial charge in [0, 0.05) is 11.1 Å². The molecule has 5 heteroatoms. The van der Waals surface area contributed by atoms with Crippen molar-refractivity contribution in [3.63, 3.8) is 0 Å². The van der Waals surface area contributed by atoms with Crippen molar-refractivity contribution < 1.29 is 9.53 Å². The third kappa shape index (κ3) is 5.25. The van der Waals surface area contributed by atoms with E-state index in [1.807, 2.05) is 42.5 Å². The molecule has 1 aliphatic carbocycles. The monoisotopic (exact) mass is 344 g/mol. The van der Waals surface area contributed by atoms with E-state index in [0.29, 0.717) is 30.7 Å². The average molecular weight is 345 g/mol. The van der Waals surface area contributed by atoms with Crippen LogP contribution in [0.3, 0.4) is 0 Å². The zero-order chi connectivity index (χ0) is 16.8. The molecule has 1 aliphatic rings. The lowest BCUT2D eigenvalue weighted by Gasteiger charge is -2.13. The molecule has 0 spiro atoms. The Morgan fingerprint density at radius 1 is 1.12 bits per heavy atom. The number of nitrogens with one attached hydrogen (secondary N) is 2. The van der Waals surface area contributed by atoms with Crippen LogP contribution in [0, 0.1) is 0 Å². The maximum atomic E-state index is 12.1. The Kier molecular flexibility index (Phi) is 5.72. The van der Waals surface area contributed by atoms with Crippen LogP contribution >= 0.6 is 11.6 Å². The van der Waals surface area contributed by atoms with Crippen molar-refractivity contribution in [2.24, 2.45) is 0 Å². The molecule has 2 aromatic rings. The molecule has 4 nitrogen and oxygen atoms in total. The van der Waals surface area contributed by atoms with E-state index in [1.54, 1.807) is 6.07 Å². The lowest BCUT2D eigenvalue weighted by Crippen LogP contribution is -2.16. The minimum absolute atomic E-state index is 0.0795. The highest BCUT2D eigenvalue weighted by Gasteiger charge is 2.22. The summed E-state index contributed by atoms with van der Waals surface area (Å²) in [5.41, 5.74) is 2.74. The van der Waals surface area contributed by atoms with Crippen molar-refractivity contribution in [1.82, 2.24) is 0 Å². The second-order valence-electron chi connectivity index (χ2n) is 5.94. The molecule has 24 heavy (non-hydrogen) atoms. The van der Waals surface area contributed by atoms with E-state index in [1.165, 1.54) is 12.8 Å². The number of halogens is 1. The highest BCUT2D eigenvalue weighted by molar-refractivity contribution is 6.31. The van der Waals surface area contributed by atoms with Gasteiger partial charge in [0.15, 0.2) is 0 Å². The van der Waals surface area contributed by atoms with Gasteiger partial charge in [-0.25, -0.2) is 0 Å². The molecule has 0 heterocycles. The first-order valence-corrected chi connectivity index (χ1v) is 8.56. The first-order valence-electron chi connectivity index (χ1n) is 8.18. The van der Waals surface area contributed by atoms with Crippen LogP contribution in [0.25, 0.3) is 0 Å². The number of hydrogen-bond acceptors (Lipinski definition) is 3. The third-order valence-corrected chi connectivity index (χ3v) is 4.01. The van der Waals surface area contributed by atoms with Crippen molar-refractivity contribution >= 4 is 28.9 Å². The predicted molar refractivity (Wildman–Crippen MR) is 97.4 cm³/mol. The molecule has 0 aliphatic heterocycles. The molecular formula is C19H21ClN2O2. The second kappa shape index (κ2) is 8.18. The molecule has 126 valence electrons. The Bertz CT molecular complexity index is 687. The van der Waals surface area contributed by atoms with Crippen LogP contribution in [-0.4, -0.2) is 18.6 Å². The molecule has 0 saturated heterocycles. The average Bonchev–Trinajstić information content (AvgIpc) is 3.39. The Labute approximate surface area is 147 Å². The summed E-state index contributed by atoms with van der Waals surface area (Å²) in [6.45, 7) is 0.895. The van der Waals surface area contributed by atoms with Crippen molar-refractivity contribution in [2.45, 2.75) is 31.9 Å². The molecule has 0 atom stereocenters. The number of ether oxygens (including phenoxy) is 1. The van der Waals surface area contributed by atoms with Gasteiger partial charge >= 0.3 is 0 Å². The lowest BCUT2D eigenvalue weighted by molar-refractivity contribution is -0.117. The van der Waals surface area contributed by atoms with E-state index in [4.69, 9.17) is 16.3 Å². The topological polar surface area (TPSA) is 50.4 Å². The highest BCUT2D eigenvalue weighted by Crippen LogP contribution is 2.31. The summed E-state index contributed by atoms with van der Waals surface area (Å²) < 4.78 is 5.55. The zero-order valence-corrected chi connectivity index (χ0v) is 14.2.